The zero-order chi connectivity index (χ0) is 10.5. The van der Waals surface area contributed by atoms with Crippen LogP contribution in [0.1, 0.15) is 4.88 Å². The zero-order valence-electron chi connectivity index (χ0n) is 8.27. The second-order valence-corrected chi connectivity index (χ2v) is 3.83. The number of nitrogens with zero attached hydrogens (tertiary/aromatic N) is 3. The van der Waals surface area contributed by atoms with E-state index in [4.69, 9.17) is 0 Å². The van der Waals surface area contributed by atoms with Gasteiger partial charge in [-0.15, -0.1) is 11.3 Å². The lowest BCUT2D eigenvalue weighted by Crippen LogP contribution is -2.02. The van der Waals surface area contributed by atoms with E-state index in [2.05, 4.69) is 25.6 Å². The Labute approximate surface area is 91.6 Å². The van der Waals surface area contributed by atoms with Crippen molar-refractivity contribution in [2.24, 2.45) is 0 Å². The number of aromatic nitrogens is 3. The highest BCUT2D eigenvalue weighted by atomic mass is 32.1. The SMILES string of the molecule is CNc1cncc(NCc2cncs2)n1. The molecule has 0 atom stereocenters. The average Bonchev–Trinajstić information content (AvgIpc) is 2.79. The van der Waals surface area contributed by atoms with E-state index in [1.165, 1.54) is 4.88 Å². The van der Waals surface area contributed by atoms with Crippen molar-refractivity contribution in [2.75, 3.05) is 17.7 Å². The molecule has 0 bridgehead atoms. The Hall–Kier alpha value is -1.69. The third-order valence-corrected chi connectivity index (χ3v) is 2.60. The molecule has 15 heavy (non-hydrogen) atoms. The van der Waals surface area contributed by atoms with Gasteiger partial charge in [0.05, 0.1) is 24.4 Å². The Morgan fingerprint density at radius 1 is 1.20 bits per heavy atom. The maximum absolute atomic E-state index is 4.29. The lowest BCUT2D eigenvalue weighted by atomic mass is 10.5. The predicted octanol–water partition coefficient (Wildman–Crippen LogP) is 1.59. The van der Waals surface area contributed by atoms with E-state index >= 15 is 0 Å². The number of rotatable bonds is 4. The fraction of sp³-hybridized carbons (Fsp3) is 0.222. The van der Waals surface area contributed by atoms with Crippen LogP contribution in [0, 0.1) is 0 Å². The number of hydrogen-bond acceptors (Lipinski definition) is 6. The summed E-state index contributed by atoms with van der Waals surface area (Å²) in [6.45, 7) is 0.729. The predicted molar refractivity (Wildman–Crippen MR) is 61.0 cm³/mol. The van der Waals surface area contributed by atoms with Gasteiger partial charge in [-0.1, -0.05) is 0 Å². The van der Waals surface area contributed by atoms with E-state index in [9.17, 15) is 0 Å². The molecule has 0 spiro atoms. The first-order valence-electron chi connectivity index (χ1n) is 4.49. The van der Waals surface area contributed by atoms with Crippen LogP contribution in [-0.2, 0) is 6.54 Å². The Morgan fingerprint density at radius 2 is 2.07 bits per heavy atom. The van der Waals surface area contributed by atoms with Crippen LogP contribution < -0.4 is 10.6 Å². The van der Waals surface area contributed by atoms with Crippen LogP contribution in [0.2, 0.25) is 0 Å². The maximum Gasteiger partial charge on any atom is 0.147 e. The zero-order valence-corrected chi connectivity index (χ0v) is 9.08. The smallest absolute Gasteiger partial charge is 0.147 e. The van der Waals surface area contributed by atoms with Gasteiger partial charge in [0, 0.05) is 18.1 Å². The molecule has 2 aromatic rings. The molecule has 0 amide bonds. The van der Waals surface area contributed by atoms with Gasteiger partial charge in [0.25, 0.3) is 0 Å². The Kier molecular flexibility index (Phi) is 3.08. The number of nitrogens with one attached hydrogen (secondary N) is 2. The Balaban J connectivity index is 1.98. The summed E-state index contributed by atoms with van der Waals surface area (Å²) in [4.78, 5) is 13.5. The lowest BCUT2D eigenvalue weighted by Gasteiger charge is -2.04. The van der Waals surface area contributed by atoms with Gasteiger partial charge in [-0.25, -0.2) is 4.98 Å². The van der Waals surface area contributed by atoms with Gasteiger partial charge in [-0.05, 0) is 0 Å². The van der Waals surface area contributed by atoms with Crippen molar-refractivity contribution in [1.82, 2.24) is 15.0 Å². The fourth-order valence-electron chi connectivity index (χ4n) is 1.08. The monoisotopic (exact) mass is 221 g/mol. The molecule has 2 aromatic heterocycles. The highest BCUT2D eigenvalue weighted by molar-refractivity contribution is 7.09. The molecule has 0 fully saturated rings. The lowest BCUT2D eigenvalue weighted by molar-refractivity contribution is 1.10. The average molecular weight is 221 g/mol. The van der Waals surface area contributed by atoms with Gasteiger partial charge < -0.3 is 10.6 Å². The van der Waals surface area contributed by atoms with E-state index in [0.29, 0.717) is 0 Å². The van der Waals surface area contributed by atoms with E-state index in [1.54, 1.807) is 23.7 Å². The molecule has 5 nitrogen and oxygen atoms in total. The second-order valence-electron chi connectivity index (χ2n) is 2.86. The molecular formula is C9H11N5S. The molecule has 0 aliphatic carbocycles. The Morgan fingerprint density at radius 3 is 2.80 bits per heavy atom. The first kappa shape index (κ1) is 9.85. The molecule has 0 saturated heterocycles. The fourth-order valence-corrected chi connectivity index (χ4v) is 1.61. The summed E-state index contributed by atoms with van der Waals surface area (Å²) < 4.78 is 0. The molecule has 0 radical (unpaired) electrons. The van der Waals surface area contributed by atoms with Crippen molar-refractivity contribution in [3.05, 3.63) is 29.0 Å². The molecule has 6 heteroatoms. The third-order valence-electron chi connectivity index (χ3n) is 1.82. The standard InChI is InChI=1S/C9H11N5S/c1-10-8-4-11-5-9(14-8)13-3-7-2-12-6-15-7/h2,4-6H,3H2,1H3,(H2,10,13,14). The molecule has 2 N–H and O–H groups in total. The molecule has 2 heterocycles. The largest absolute Gasteiger partial charge is 0.372 e. The highest BCUT2D eigenvalue weighted by Gasteiger charge is 1.98. The van der Waals surface area contributed by atoms with Gasteiger partial charge in [0.15, 0.2) is 0 Å². The minimum atomic E-state index is 0.729. The minimum Gasteiger partial charge on any atom is -0.372 e. The second kappa shape index (κ2) is 4.70. The van der Waals surface area contributed by atoms with Crippen LogP contribution in [0.15, 0.2) is 24.1 Å². The van der Waals surface area contributed by atoms with Crippen LogP contribution in [-0.4, -0.2) is 22.0 Å². The van der Waals surface area contributed by atoms with Crippen molar-refractivity contribution >= 4 is 23.0 Å². The van der Waals surface area contributed by atoms with Crippen molar-refractivity contribution in [3.8, 4) is 0 Å². The molecule has 78 valence electrons. The minimum absolute atomic E-state index is 0.729. The Bertz CT molecular complexity index is 414. The molecule has 0 aromatic carbocycles. The first-order chi connectivity index (χ1) is 7.38. The summed E-state index contributed by atoms with van der Waals surface area (Å²) in [5, 5.41) is 6.12. The van der Waals surface area contributed by atoms with Crippen molar-refractivity contribution < 1.29 is 0 Å². The van der Waals surface area contributed by atoms with Crippen LogP contribution >= 0.6 is 11.3 Å². The summed E-state index contributed by atoms with van der Waals surface area (Å²) in [5.74, 6) is 1.51. The van der Waals surface area contributed by atoms with Gasteiger partial charge in [0.1, 0.15) is 11.6 Å². The van der Waals surface area contributed by atoms with E-state index in [1.807, 2.05) is 18.8 Å². The van der Waals surface area contributed by atoms with Gasteiger partial charge in [-0.2, -0.15) is 0 Å². The maximum atomic E-state index is 4.29. The number of hydrogen-bond donors (Lipinski definition) is 2. The normalized spacial score (nSPS) is 9.93. The topological polar surface area (TPSA) is 62.7 Å². The van der Waals surface area contributed by atoms with Gasteiger partial charge in [0.2, 0.25) is 0 Å². The summed E-state index contributed by atoms with van der Waals surface area (Å²) in [7, 11) is 1.82. The molecule has 2 rings (SSSR count). The van der Waals surface area contributed by atoms with E-state index in [0.717, 1.165) is 18.2 Å². The summed E-state index contributed by atoms with van der Waals surface area (Å²) in [6, 6.07) is 0. The van der Waals surface area contributed by atoms with Crippen molar-refractivity contribution in [3.63, 3.8) is 0 Å². The summed E-state index contributed by atoms with van der Waals surface area (Å²) >= 11 is 1.61. The van der Waals surface area contributed by atoms with Crippen LogP contribution in [0.25, 0.3) is 0 Å². The van der Waals surface area contributed by atoms with Crippen LogP contribution in [0.3, 0.4) is 0 Å². The molecule has 0 aliphatic rings. The first-order valence-corrected chi connectivity index (χ1v) is 5.37. The number of anilines is 2. The number of thiazole rings is 1. The summed E-state index contributed by atoms with van der Waals surface area (Å²) in [5.41, 5.74) is 1.81. The quantitative estimate of drug-likeness (QED) is 0.820. The third kappa shape index (κ3) is 2.63. The molecular weight excluding hydrogens is 210 g/mol. The van der Waals surface area contributed by atoms with Gasteiger partial charge >= 0.3 is 0 Å². The van der Waals surface area contributed by atoms with Crippen LogP contribution in [0.5, 0.6) is 0 Å². The van der Waals surface area contributed by atoms with Gasteiger partial charge in [-0.3, -0.25) is 9.97 Å². The van der Waals surface area contributed by atoms with Crippen LogP contribution in [0.4, 0.5) is 11.6 Å². The summed E-state index contributed by atoms with van der Waals surface area (Å²) in [6.07, 6.45) is 5.22. The molecule has 0 saturated carbocycles. The van der Waals surface area contributed by atoms with E-state index < -0.39 is 0 Å². The molecule has 0 aliphatic heterocycles. The van der Waals surface area contributed by atoms with Crippen molar-refractivity contribution in [1.29, 1.82) is 0 Å². The highest BCUT2D eigenvalue weighted by Crippen LogP contribution is 2.10. The molecule has 0 unspecified atom stereocenters. The van der Waals surface area contributed by atoms with Crippen molar-refractivity contribution in [2.45, 2.75) is 6.54 Å². The van der Waals surface area contributed by atoms with E-state index in [-0.39, 0.29) is 0 Å².